The van der Waals surface area contributed by atoms with Gasteiger partial charge in [-0.15, -0.1) is 0 Å². The number of halogens is 3. The van der Waals surface area contributed by atoms with Crippen LogP contribution in [0.4, 0.5) is 13.2 Å². The predicted molar refractivity (Wildman–Crippen MR) is 99.3 cm³/mol. The Kier molecular flexibility index (Phi) is 4.93. The summed E-state index contributed by atoms with van der Waals surface area (Å²) in [4.78, 5) is 15.5. The second-order valence-corrected chi connectivity index (χ2v) is 6.56. The summed E-state index contributed by atoms with van der Waals surface area (Å²) in [5.74, 6) is -0.713. The average molecular weight is 413 g/mol. The molecule has 0 bridgehead atoms. The average Bonchev–Trinajstić information content (AvgIpc) is 3.40. The number of H-pyrrole nitrogens is 1. The van der Waals surface area contributed by atoms with Gasteiger partial charge in [0.2, 0.25) is 0 Å². The summed E-state index contributed by atoms with van der Waals surface area (Å²) in [6, 6.07) is 6.65. The number of nitriles is 1. The Morgan fingerprint density at radius 3 is 2.70 bits per heavy atom. The summed E-state index contributed by atoms with van der Waals surface area (Å²) in [5.41, 5.74) is 3.27. The van der Waals surface area contributed by atoms with Crippen molar-refractivity contribution in [2.45, 2.75) is 24.6 Å². The highest BCUT2D eigenvalue weighted by atomic mass is 19.4. The van der Waals surface area contributed by atoms with Crippen LogP contribution in [0, 0.1) is 11.3 Å². The number of aromatic amines is 1. The number of aromatic nitrogens is 6. The first-order valence-electron chi connectivity index (χ1n) is 8.80. The molecule has 2 N–H and O–H groups in total. The predicted octanol–water partition coefficient (Wildman–Crippen LogP) is 3.13. The van der Waals surface area contributed by atoms with Crippen molar-refractivity contribution >= 4 is 11.2 Å². The Hall–Kier alpha value is -3.78. The highest BCUT2D eigenvalue weighted by Gasteiger charge is 2.39. The molecular weight excluding hydrogens is 399 g/mol. The molecule has 4 heterocycles. The monoisotopic (exact) mass is 413 g/mol. The van der Waals surface area contributed by atoms with Gasteiger partial charge in [-0.1, -0.05) is 6.07 Å². The minimum Gasteiger partial charge on any atom is -0.384 e. The summed E-state index contributed by atoms with van der Waals surface area (Å²) >= 11 is 0. The van der Waals surface area contributed by atoms with E-state index in [0.717, 1.165) is 16.6 Å². The Balaban J connectivity index is 1.57. The van der Waals surface area contributed by atoms with E-state index in [4.69, 9.17) is 0 Å². The molecule has 0 aromatic carbocycles. The maximum atomic E-state index is 12.6. The second-order valence-electron chi connectivity index (χ2n) is 6.56. The Labute approximate surface area is 167 Å². The normalized spacial score (nSPS) is 13.8. The van der Waals surface area contributed by atoms with Gasteiger partial charge in [0, 0.05) is 36.1 Å². The zero-order valence-corrected chi connectivity index (χ0v) is 15.2. The van der Waals surface area contributed by atoms with Gasteiger partial charge in [-0.05, 0) is 17.7 Å². The largest absolute Gasteiger partial charge is 0.414 e. The zero-order chi connectivity index (χ0) is 21.3. The van der Waals surface area contributed by atoms with Crippen LogP contribution in [-0.4, -0.2) is 47.1 Å². The lowest BCUT2D eigenvalue weighted by Crippen LogP contribution is -2.30. The van der Waals surface area contributed by atoms with Gasteiger partial charge in [0.25, 0.3) is 0 Å². The van der Waals surface area contributed by atoms with Crippen molar-refractivity contribution in [2.75, 3.05) is 0 Å². The third kappa shape index (κ3) is 3.72. The fraction of sp³-hybridized carbons (Fsp3) is 0.211. The Bertz CT molecular complexity index is 1210. The number of aliphatic hydroxyl groups is 1. The number of rotatable bonds is 5. The first kappa shape index (κ1) is 19.5. The lowest BCUT2D eigenvalue weighted by molar-refractivity contribution is -0.205. The van der Waals surface area contributed by atoms with Crippen molar-refractivity contribution < 1.29 is 18.3 Å². The van der Waals surface area contributed by atoms with Crippen LogP contribution in [0.1, 0.15) is 17.9 Å². The van der Waals surface area contributed by atoms with E-state index < -0.39 is 24.6 Å². The highest BCUT2D eigenvalue weighted by Crippen LogP contribution is 2.29. The number of fused-ring (bicyclic) bond motifs is 1. The molecule has 0 saturated carbocycles. The minimum absolute atomic E-state index is 0.283. The highest BCUT2D eigenvalue weighted by molar-refractivity contribution is 5.88. The molecule has 4 aromatic heterocycles. The molecule has 0 aliphatic carbocycles. The van der Waals surface area contributed by atoms with Gasteiger partial charge in [0.15, 0.2) is 17.6 Å². The van der Waals surface area contributed by atoms with Crippen molar-refractivity contribution in [1.82, 2.24) is 29.7 Å². The summed E-state index contributed by atoms with van der Waals surface area (Å²) in [6.07, 6.45) is -0.220. The topological polar surface area (TPSA) is 116 Å². The van der Waals surface area contributed by atoms with Crippen molar-refractivity contribution in [3.8, 4) is 23.0 Å². The van der Waals surface area contributed by atoms with Gasteiger partial charge in [-0.25, -0.2) is 19.6 Å². The molecule has 4 aromatic rings. The van der Waals surface area contributed by atoms with Crippen LogP contribution >= 0.6 is 0 Å². The number of pyridine rings is 2. The van der Waals surface area contributed by atoms with E-state index in [9.17, 15) is 23.5 Å². The van der Waals surface area contributed by atoms with Crippen LogP contribution in [0.15, 0.2) is 49.3 Å². The second kappa shape index (κ2) is 7.57. The Morgan fingerprint density at radius 1 is 1.17 bits per heavy atom. The van der Waals surface area contributed by atoms with E-state index in [-0.39, 0.29) is 5.56 Å². The van der Waals surface area contributed by atoms with Crippen molar-refractivity contribution in [3.05, 3.63) is 54.9 Å². The van der Waals surface area contributed by atoms with Gasteiger partial charge >= 0.3 is 6.18 Å². The van der Waals surface area contributed by atoms with E-state index in [2.05, 4.69) is 25.0 Å². The van der Waals surface area contributed by atoms with E-state index in [1.54, 1.807) is 37.1 Å². The van der Waals surface area contributed by atoms with Gasteiger partial charge in [0.1, 0.15) is 0 Å². The van der Waals surface area contributed by atoms with Crippen molar-refractivity contribution in [2.24, 2.45) is 0 Å². The molecule has 0 radical (unpaired) electrons. The van der Waals surface area contributed by atoms with Crippen LogP contribution in [0.2, 0.25) is 0 Å². The van der Waals surface area contributed by atoms with Gasteiger partial charge in [-0.2, -0.15) is 23.5 Å². The molecule has 0 saturated heterocycles. The van der Waals surface area contributed by atoms with Crippen LogP contribution in [0.3, 0.4) is 0 Å². The lowest BCUT2D eigenvalue weighted by atomic mass is 9.95. The van der Waals surface area contributed by atoms with Crippen LogP contribution < -0.4 is 0 Å². The molecule has 0 aliphatic heterocycles. The first-order valence-corrected chi connectivity index (χ1v) is 8.80. The van der Waals surface area contributed by atoms with E-state index in [0.29, 0.717) is 11.5 Å². The standard InChI is InChI=1S/C19H14F3N7O/c20-19(21,22)15(30)5-12(6-23)11-1-2-16(25-7-11)29-9-13(8-28-29)14-3-4-24-18-17(14)26-10-27-18/h1-4,7-10,12,15,30H,5H2,(H,24,26,27). The van der Waals surface area contributed by atoms with Crippen LogP contribution in [0.5, 0.6) is 0 Å². The quantitative estimate of drug-likeness (QED) is 0.519. The summed E-state index contributed by atoms with van der Waals surface area (Å²) in [7, 11) is 0. The first-order chi connectivity index (χ1) is 14.4. The third-order valence-corrected chi connectivity index (χ3v) is 4.62. The number of imidazole rings is 1. The molecule has 0 aliphatic rings. The fourth-order valence-electron chi connectivity index (χ4n) is 3.04. The number of aliphatic hydroxyl groups excluding tert-OH is 1. The number of hydrogen-bond donors (Lipinski definition) is 2. The number of hydrogen-bond acceptors (Lipinski definition) is 6. The minimum atomic E-state index is -4.78. The third-order valence-electron chi connectivity index (χ3n) is 4.62. The van der Waals surface area contributed by atoms with E-state index in [1.807, 2.05) is 6.07 Å². The molecule has 30 heavy (non-hydrogen) atoms. The lowest BCUT2D eigenvalue weighted by Gasteiger charge is -2.17. The molecular formula is C19H14F3N7O. The molecule has 0 fully saturated rings. The molecule has 4 rings (SSSR count). The molecule has 2 atom stereocenters. The van der Waals surface area contributed by atoms with Gasteiger partial charge in [0.05, 0.1) is 30.0 Å². The Morgan fingerprint density at radius 2 is 2.00 bits per heavy atom. The molecule has 152 valence electrons. The van der Waals surface area contributed by atoms with Crippen LogP contribution in [-0.2, 0) is 0 Å². The molecule has 0 spiro atoms. The summed E-state index contributed by atoms with van der Waals surface area (Å²) in [5, 5.41) is 22.7. The number of nitrogens with zero attached hydrogens (tertiary/aromatic N) is 6. The SMILES string of the molecule is N#CC(CC(O)C(F)(F)F)c1ccc(-n2cc(-c3ccnc4nc[nH]c34)cn2)nc1. The molecule has 2 unspecified atom stereocenters. The van der Waals surface area contributed by atoms with E-state index >= 15 is 0 Å². The van der Waals surface area contributed by atoms with Gasteiger partial charge < -0.3 is 10.1 Å². The van der Waals surface area contributed by atoms with Gasteiger partial charge in [-0.3, -0.25) is 0 Å². The zero-order valence-electron chi connectivity index (χ0n) is 15.2. The number of alkyl halides is 3. The fourth-order valence-corrected chi connectivity index (χ4v) is 3.04. The maximum Gasteiger partial charge on any atom is 0.414 e. The number of nitrogens with one attached hydrogen (secondary N) is 1. The smallest absolute Gasteiger partial charge is 0.384 e. The maximum absolute atomic E-state index is 12.6. The molecule has 8 nitrogen and oxygen atoms in total. The summed E-state index contributed by atoms with van der Waals surface area (Å²) in [6.45, 7) is 0. The van der Waals surface area contributed by atoms with Crippen LogP contribution in [0.25, 0.3) is 28.1 Å². The van der Waals surface area contributed by atoms with Crippen molar-refractivity contribution in [3.63, 3.8) is 0 Å². The molecule has 11 heteroatoms. The molecule has 0 amide bonds. The summed E-state index contributed by atoms with van der Waals surface area (Å²) < 4.78 is 39.2. The van der Waals surface area contributed by atoms with Crippen molar-refractivity contribution in [1.29, 1.82) is 5.26 Å². The van der Waals surface area contributed by atoms with E-state index in [1.165, 1.54) is 16.9 Å².